The van der Waals surface area contributed by atoms with Gasteiger partial charge in [0.15, 0.2) is 0 Å². The van der Waals surface area contributed by atoms with Crippen LogP contribution >= 0.6 is 0 Å². The molecular weight excluding hydrogens is 190 g/mol. The van der Waals surface area contributed by atoms with Crippen molar-refractivity contribution < 1.29 is 0 Å². The Kier molecular flexibility index (Phi) is 4.71. The van der Waals surface area contributed by atoms with E-state index in [9.17, 15) is 0 Å². The Balaban J connectivity index is 2.17. The molecule has 0 unspecified atom stereocenters. The van der Waals surface area contributed by atoms with Crippen LogP contribution in [-0.4, -0.2) is 53.4 Å². The summed E-state index contributed by atoms with van der Waals surface area (Å²) in [7, 11) is 4.15. The van der Waals surface area contributed by atoms with Gasteiger partial charge < -0.3 is 10.2 Å². The molecule has 0 aliphatic carbocycles. The number of aromatic nitrogens is 3. The molecule has 0 bridgehead atoms. The first-order chi connectivity index (χ1) is 7.09. The van der Waals surface area contributed by atoms with Crippen LogP contribution < -0.4 is 5.32 Å². The molecule has 0 aromatic carbocycles. The SMILES string of the molecule is Cc1nc(C)n(CCNCCN(C)C)n1. The Bertz CT molecular complexity index is 292. The highest BCUT2D eigenvalue weighted by atomic mass is 15.3. The van der Waals surface area contributed by atoms with Crippen LogP contribution in [-0.2, 0) is 6.54 Å². The standard InChI is InChI=1S/C10H21N5/c1-9-12-10(2)15(13-9)8-6-11-5-7-14(3)4/h11H,5-8H2,1-4H3. The van der Waals surface area contributed by atoms with Crippen LogP contribution in [0.15, 0.2) is 0 Å². The predicted octanol–water partition coefficient (Wildman–Crippen LogP) is 0.0461. The van der Waals surface area contributed by atoms with E-state index < -0.39 is 0 Å². The first-order valence-electron chi connectivity index (χ1n) is 5.33. The van der Waals surface area contributed by atoms with Crippen molar-refractivity contribution in [1.29, 1.82) is 0 Å². The normalized spacial score (nSPS) is 11.3. The fraction of sp³-hybridized carbons (Fsp3) is 0.800. The van der Waals surface area contributed by atoms with Gasteiger partial charge in [-0.1, -0.05) is 0 Å². The molecule has 0 aliphatic heterocycles. The minimum atomic E-state index is 0.848. The zero-order chi connectivity index (χ0) is 11.3. The molecule has 0 radical (unpaired) electrons. The first-order valence-corrected chi connectivity index (χ1v) is 5.33. The summed E-state index contributed by atoms with van der Waals surface area (Å²) < 4.78 is 1.94. The van der Waals surface area contributed by atoms with Gasteiger partial charge in [-0.15, -0.1) is 0 Å². The molecule has 5 nitrogen and oxygen atoms in total. The van der Waals surface area contributed by atoms with Gasteiger partial charge in [0.05, 0.1) is 6.54 Å². The van der Waals surface area contributed by atoms with Crippen LogP contribution in [0.4, 0.5) is 0 Å². The Morgan fingerprint density at radius 2 is 2.00 bits per heavy atom. The molecular formula is C10H21N5. The van der Waals surface area contributed by atoms with Crippen molar-refractivity contribution in [1.82, 2.24) is 25.0 Å². The predicted molar refractivity (Wildman–Crippen MR) is 60.9 cm³/mol. The van der Waals surface area contributed by atoms with E-state index in [2.05, 4.69) is 34.4 Å². The molecule has 5 heteroatoms. The quantitative estimate of drug-likeness (QED) is 0.675. The second-order valence-corrected chi connectivity index (χ2v) is 3.98. The minimum Gasteiger partial charge on any atom is -0.314 e. The summed E-state index contributed by atoms with van der Waals surface area (Å²) in [5.41, 5.74) is 0. The molecule has 1 rings (SSSR count). The van der Waals surface area contributed by atoms with Crippen molar-refractivity contribution in [2.45, 2.75) is 20.4 Å². The summed E-state index contributed by atoms with van der Waals surface area (Å²) in [5.74, 6) is 1.84. The largest absolute Gasteiger partial charge is 0.314 e. The lowest BCUT2D eigenvalue weighted by molar-refractivity contribution is 0.395. The minimum absolute atomic E-state index is 0.848. The molecule has 0 saturated heterocycles. The van der Waals surface area contributed by atoms with Crippen LogP contribution in [0.25, 0.3) is 0 Å². The highest BCUT2D eigenvalue weighted by Crippen LogP contribution is 1.94. The molecule has 15 heavy (non-hydrogen) atoms. The molecule has 0 amide bonds. The third kappa shape index (κ3) is 4.40. The average Bonchev–Trinajstić information content (AvgIpc) is 2.44. The molecule has 0 fully saturated rings. The number of aryl methyl sites for hydroxylation is 2. The van der Waals surface area contributed by atoms with E-state index in [4.69, 9.17) is 0 Å². The van der Waals surface area contributed by atoms with E-state index in [1.807, 2.05) is 18.5 Å². The van der Waals surface area contributed by atoms with Crippen molar-refractivity contribution in [2.75, 3.05) is 33.7 Å². The second kappa shape index (κ2) is 5.82. The first kappa shape index (κ1) is 12.1. The van der Waals surface area contributed by atoms with Crippen molar-refractivity contribution in [3.8, 4) is 0 Å². The third-order valence-corrected chi connectivity index (χ3v) is 2.20. The second-order valence-electron chi connectivity index (χ2n) is 3.98. The number of rotatable bonds is 6. The topological polar surface area (TPSA) is 46.0 Å². The molecule has 1 N–H and O–H groups in total. The van der Waals surface area contributed by atoms with Crippen molar-refractivity contribution >= 4 is 0 Å². The van der Waals surface area contributed by atoms with E-state index in [1.165, 1.54) is 0 Å². The maximum Gasteiger partial charge on any atom is 0.147 e. The number of nitrogens with zero attached hydrogens (tertiary/aromatic N) is 4. The molecule has 0 aliphatic rings. The van der Waals surface area contributed by atoms with Crippen molar-refractivity contribution in [3.05, 3.63) is 11.6 Å². The Labute approximate surface area is 91.5 Å². The third-order valence-electron chi connectivity index (χ3n) is 2.20. The average molecular weight is 211 g/mol. The fourth-order valence-corrected chi connectivity index (χ4v) is 1.39. The van der Waals surface area contributed by atoms with Gasteiger partial charge in [-0.05, 0) is 27.9 Å². The smallest absolute Gasteiger partial charge is 0.147 e. The fourth-order valence-electron chi connectivity index (χ4n) is 1.39. The lowest BCUT2D eigenvalue weighted by Gasteiger charge is -2.10. The van der Waals surface area contributed by atoms with Gasteiger partial charge >= 0.3 is 0 Å². The summed E-state index contributed by atoms with van der Waals surface area (Å²) in [6.07, 6.45) is 0. The highest BCUT2D eigenvalue weighted by Gasteiger charge is 2.00. The zero-order valence-corrected chi connectivity index (χ0v) is 10.1. The van der Waals surface area contributed by atoms with Crippen molar-refractivity contribution in [3.63, 3.8) is 0 Å². The molecule has 1 aromatic rings. The Morgan fingerprint density at radius 3 is 2.53 bits per heavy atom. The summed E-state index contributed by atoms with van der Waals surface area (Å²) in [4.78, 5) is 6.42. The summed E-state index contributed by atoms with van der Waals surface area (Å²) in [6, 6.07) is 0. The van der Waals surface area contributed by atoms with Gasteiger partial charge in [-0.25, -0.2) is 9.67 Å². The summed E-state index contributed by atoms with van der Waals surface area (Å²) in [5, 5.41) is 7.67. The lowest BCUT2D eigenvalue weighted by atomic mass is 10.5. The van der Waals surface area contributed by atoms with Crippen LogP contribution in [0.5, 0.6) is 0 Å². The van der Waals surface area contributed by atoms with Gasteiger partial charge in [-0.3, -0.25) is 0 Å². The summed E-state index contributed by atoms with van der Waals surface area (Å²) in [6.45, 7) is 7.81. The maximum absolute atomic E-state index is 4.30. The molecule has 0 saturated carbocycles. The lowest BCUT2D eigenvalue weighted by Crippen LogP contribution is -2.29. The molecule has 86 valence electrons. The molecule has 0 atom stereocenters. The van der Waals surface area contributed by atoms with E-state index in [0.717, 1.165) is 37.8 Å². The number of hydrogen-bond acceptors (Lipinski definition) is 4. The maximum atomic E-state index is 4.30. The number of likely N-dealkylation sites (N-methyl/N-ethyl adjacent to an activating group) is 1. The number of hydrogen-bond donors (Lipinski definition) is 1. The van der Waals surface area contributed by atoms with Gasteiger partial charge in [0.25, 0.3) is 0 Å². The van der Waals surface area contributed by atoms with E-state index in [0.29, 0.717) is 0 Å². The van der Waals surface area contributed by atoms with E-state index in [-0.39, 0.29) is 0 Å². The van der Waals surface area contributed by atoms with E-state index in [1.54, 1.807) is 0 Å². The van der Waals surface area contributed by atoms with Crippen LogP contribution in [0.2, 0.25) is 0 Å². The molecule has 0 spiro atoms. The Hall–Kier alpha value is -0.940. The zero-order valence-electron chi connectivity index (χ0n) is 10.1. The van der Waals surface area contributed by atoms with Gasteiger partial charge in [0.1, 0.15) is 11.6 Å². The van der Waals surface area contributed by atoms with Gasteiger partial charge in [0.2, 0.25) is 0 Å². The molecule has 1 heterocycles. The van der Waals surface area contributed by atoms with E-state index >= 15 is 0 Å². The summed E-state index contributed by atoms with van der Waals surface area (Å²) >= 11 is 0. The van der Waals surface area contributed by atoms with Gasteiger partial charge in [-0.2, -0.15) is 5.10 Å². The number of nitrogens with one attached hydrogen (secondary N) is 1. The monoisotopic (exact) mass is 211 g/mol. The van der Waals surface area contributed by atoms with Crippen molar-refractivity contribution in [2.24, 2.45) is 0 Å². The highest BCUT2D eigenvalue weighted by molar-refractivity contribution is 4.87. The Morgan fingerprint density at radius 1 is 1.27 bits per heavy atom. The van der Waals surface area contributed by atoms with Gasteiger partial charge in [0, 0.05) is 19.6 Å². The molecule has 1 aromatic heterocycles. The van der Waals surface area contributed by atoms with Crippen LogP contribution in [0.1, 0.15) is 11.6 Å². The van der Waals surface area contributed by atoms with Crippen LogP contribution in [0.3, 0.4) is 0 Å². The van der Waals surface area contributed by atoms with Crippen LogP contribution in [0, 0.1) is 13.8 Å².